The summed E-state index contributed by atoms with van der Waals surface area (Å²) in [6.45, 7) is 2.03. The second-order valence-electron chi connectivity index (χ2n) is 5.76. The van der Waals surface area contributed by atoms with Crippen LogP contribution < -0.4 is 0 Å². The summed E-state index contributed by atoms with van der Waals surface area (Å²) >= 11 is 0. The third-order valence-electron chi connectivity index (χ3n) is 3.85. The number of carbonyl (C=O) groups excluding carboxylic acids is 1. The number of esters is 1. The second-order valence-corrected chi connectivity index (χ2v) is 5.76. The molecule has 4 rings (SSSR count). The predicted octanol–water partition coefficient (Wildman–Crippen LogP) is 4.28. The van der Waals surface area contributed by atoms with Gasteiger partial charge < -0.3 is 18.1 Å². The number of nitrogens with zero attached hydrogens (tertiary/aromatic N) is 1. The molecule has 126 valence electrons. The first kappa shape index (κ1) is 15.3. The van der Waals surface area contributed by atoms with Crippen molar-refractivity contribution in [2.45, 2.75) is 20.0 Å². The monoisotopic (exact) mass is 337 g/mol. The maximum absolute atomic E-state index is 12.1. The van der Waals surface area contributed by atoms with Gasteiger partial charge >= 0.3 is 5.97 Å². The average Bonchev–Trinajstić information content (AvgIpc) is 3.33. The van der Waals surface area contributed by atoms with Crippen LogP contribution in [0.1, 0.15) is 16.8 Å². The molecule has 6 nitrogen and oxygen atoms in total. The Morgan fingerprint density at radius 3 is 2.92 bits per heavy atom. The van der Waals surface area contributed by atoms with Crippen molar-refractivity contribution in [3.8, 4) is 11.5 Å². The highest BCUT2D eigenvalue weighted by Gasteiger charge is 2.14. The number of rotatable bonds is 5. The van der Waals surface area contributed by atoms with Crippen LogP contribution in [-0.4, -0.2) is 11.1 Å². The van der Waals surface area contributed by atoms with E-state index in [4.69, 9.17) is 18.1 Å². The number of aromatic nitrogens is 1. The summed E-state index contributed by atoms with van der Waals surface area (Å²) in [6.07, 6.45) is 3.28. The highest BCUT2D eigenvalue weighted by Crippen LogP contribution is 2.23. The molecule has 0 saturated carbocycles. The lowest BCUT2D eigenvalue weighted by Crippen LogP contribution is -2.07. The molecule has 0 bridgehead atoms. The molecule has 4 aromatic rings. The maximum Gasteiger partial charge on any atom is 0.310 e. The second kappa shape index (κ2) is 6.32. The van der Waals surface area contributed by atoms with E-state index in [-0.39, 0.29) is 19.0 Å². The van der Waals surface area contributed by atoms with Gasteiger partial charge in [-0.1, -0.05) is 17.3 Å². The summed E-state index contributed by atoms with van der Waals surface area (Å²) in [5, 5.41) is 4.79. The Bertz CT molecular complexity index is 1010. The molecule has 0 saturated heterocycles. The molecule has 1 aromatic carbocycles. The first-order valence-corrected chi connectivity index (χ1v) is 7.81. The molecule has 0 amide bonds. The van der Waals surface area contributed by atoms with E-state index in [0.29, 0.717) is 17.2 Å². The molecular formula is C19H15NO5. The Labute approximate surface area is 143 Å². The van der Waals surface area contributed by atoms with Gasteiger partial charge in [-0.2, -0.15) is 0 Å². The van der Waals surface area contributed by atoms with Crippen LogP contribution in [-0.2, 0) is 22.6 Å². The number of hydrogen-bond donors (Lipinski definition) is 0. The minimum Gasteiger partial charge on any atom is -0.464 e. The summed E-state index contributed by atoms with van der Waals surface area (Å²) in [7, 11) is 0. The zero-order chi connectivity index (χ0) is 17.2. The van der Waals surface area contributed by atoms with Crippen molar-refractivity contribution in [2.75, 3.05) is 0 Å². The van der Waals surface area contributed by atoms with Crippen LogP contribution in [0.5, 0.6) is 0 Å². The van der Waals surface area contributed by atoms with Crippen LogP contribution >= 0.6 is 0 Å². The van der Waals surface area contributed by atoms with Crippen LogP contribution in [0.3, 0.4) is 0 Å². The van der Waals surface area contributed by atoms with E-state index >= 15 is 0 Å². The number of carbonyl (C=O) groups is 1. The maximum atomic E-state index is 12.1. The van der Waals surface area contributed by atoms with Crippen molar-refractivity contribution in [1.82, 2.24) is 5.16 Å². The lowest BCUT2D eigenvalue weighted by atomic mass is 10.1. The van der Waals surface area contributed by atoms with Gasteiger partial charge in [0.25, 0.3) is 0 Å². The van der Waals surface area contributed by atoms with E-state index in [1.165, 1.54) is 0 Å². The molecule has 0 fully saturated rings. The van der Waals surface area contributed by atoms with Crippen molar-refractivity contribution in [2.24, 2.45) is 0 Å². The Morgan fingerprint density at radius 2 is 2.08 bits per heavy atom. The summed E-state index contributed by atoms with van der Waals surface area (Å²) in [5.74, 6) is 0.711. The van der Waals surface area contributed by atoms with E-state index in [9.17, 15) is 4.79 Å². The first-order chi connectivity index (χ1) is 12.2. The topological polar surface area (TPSA) is 78.6 Å². The van der Waals surface area contributed by atoms with Gasteiger partial charge in [0.1, 0.15) is 17.9 Å². The Balaban J connectivity index is 1.39. The predicted molar refractivity (Wildman–Crippen MR) is 88.7 cm³/mol. The largest absolute Gasteiger partial charge is 0.464 e. The van der Waals surface area contributed by atoms with Gasteiger partial charge in [-0.3, -0.25) is 4.79 Å². The standard InChI is InChI=1S/C19H15NO5/c1-12-4-5-15-13(10-23-17(15)7-12)8-19(21)24-11-14-9-18(25-20-14)16-3-2-6-22-16/h2-7,9-10H,8,11H2,1H3. The van der Waals surface area contributed by atoms with Crippen molar-refractivity contribution >= 4 is 16.9 Å². The van der Waals surface area contributed by atoms with Crippen LogP contribution in [0.4, 0.5) is 0 Å². The van der Waals surface area contributed by atoms with Crippen LogP contribution in [0.2, 0.25) is 0 Å². The van der Waals surface area contributed by atoms with Crippen molar-refractivity contribution in [3.05, 3.63) is 65.7 Å². The molecule has 0 aliphatic heterocycles. The van der Waals surface area contributed by atoms with Crippen molar-refractivity contribution in [3.63, 3.8) is 0 Å². The van der Waals surface area contributed by atoms with E-state index in [1.807, 2.05) is 25.1 Å². The van der Waals surface area contributed by atoms with Gasteiger partial charge in [-0.15, -0.1) is 0 Å². The van der Waals surface area contributed by atoms with Gasteiger partial charge in [0.15, 0.2) is 5.76 Å². The fourth-order valence-corrected chi connectivity index (χ4v) is 2.60. The summed E-state index contributed by atoms with van der Waals surface area (Å²) < 4.78 is 21.2. The van der Waals surface area contributed by atoms with Crippen LogP contribution in [0.25, 0.3) is 22.5 Å². The summed E-state index contributed by atoms with van der Waals surface area (Å²) in [6, 6.07) is 11.1. The van der Waals surface area contributed by atoms with E-state index in [1.54, 1.807) is 30.7 Å². The minimum atomic E-state index is -0.356. The number of hydrogen-bond acceptors (Lipinski definition) is 6. The Morgan fingerprint density at radius 1 is 1.16 bits per heavy atom. The molecular weight excluding hydrogens is 322 g/mol. The highest BCUT2D eigenvalue weighted by molar-refractivity contribution is 5.86. The highest BCUT2D eigenvalue weighted by atomic mass is 16.5. The summed E-state index contributed by atoms with van der Waals surface area (Å²) in [5.41, 5.74) is 3.20. The number of furan rings is 2. The van der Waals surface area contributed by atoms with Gasteiger partial charge in [0, 0.05) is 17.0 Å². The Kier molecular flexibility index (Phi) is 3.85. The molecule has 25 heavy (non-hydrogen) atoms. The van der Waals surface area contributed by atoms with E-state index in [0.717, 1.165) is 22.1 Å². The molecule has 3 aromatic heterocycles. The van der Waals surface area contributed by atoms with Crippen LogP contribution in [0.15, 0.2) is 62.3 Å². The van der Waals surface area contributed by atoms with E-state index < -0.39 is 0 Å². The van der Waals surface area contributed by atoms with Crippen molar-refractivity contribution in [1.29, 1.82) is 0 Å². The average molecular weight is 337 g/mol. The van der Waals surface area contributed by atoms with Gasteiger partial charge in [0.05, 0.1) is 18.9 Å². The fraction of sp³-hybridized carbons (Fsp3) is 0.158. The van der Waals surface area contributed by atoms with E-state index in [2.05, 4.69) is 5.16 Å². The van der Waals surface area contributed by atoms with Crippen LogP contribution in [0, 0.1) is 6.92 Å². The summed E-state index contributed by atoms with van der Waals surface area (Å²) in [4.78, 5) is 12.1. The van der Waals surface area contributed by atoms with Crippen molar-refractivity contribution < 1.29 is 22.9 Å². The number of benzene rings is 1. The lowest BCUT2D eigenvalue weighted by Gasteiger charge is -2.01. The molecule has 0 aliphatic carbocycles. The fourth-order valence-electron chi connectivity index (χ4n) is 2.60. The molecule has 6 heteroatoms. The minimum absolute atomic E-state index is 0.0396. The molecule has 0 unspecified atom stereocenters. The smallest absolute Gasteiger partial charge is 0.310 e. The van der Waals surface area contributed by atoms with Gasteiger partial charge in [-0.25, -0.2) is 0 Å². The first-order valence-electron chi connectivity index (χ1n) is 7.81. The zero-order valence-corrected chi connectivity index (χ0v) is 13.5. The third kappa shape index (κ3) is 3.19. The molecule has 0 N–H and O–H groups in total. The zero-order valence-electron chi connectivity index (χ0n) is 13.5. The molecule has 0 spiro atoms. The third-order valence-corrected chi connectivity index (χ3v) is 3.85. The molecule has 0 aliphatic rings. The number of aryl methyl sites for hydroxylation is 1. The lowest BCUT2D eigenvalue weighted by molar-refractivity contribution is -0.144. The Hall–Kier alpha value is -3.28. The van der Waals surface area contributed by atoms with Gasteiger partial charge in [0.2, 0.25) is 5.76 Å². The molecule has 3 heterocycles. The SMILES string of the molecule is Cc1ccc2c(CC(=O)OCc3cc(-c4ccco4)on3)coc2c1. The molecule has 0 atom stereocenters. The normalized spacial score (nSPS) is 11.1. The molecule has 0 radical (unpaired) electrons. The number of fused-ring (bicyclic) bond motifs is 1. The number of ether oxygens (including phenoxy) is 1. The quantitative estimate of drug-likeness (QED) is 0.506. The van der Waals surface area contributed by atoms with Gasteiger partial charge in [-0.05, 0) is 30.7 Å².